The van der Waals surface area contributed by atoms with E-state index >= 15 is 0 Å². The molecule has 0 saturated heterocycles. The van der Waals surface area contributed by atoms with Crippen LogP contribution in [0, 0.1) is 0 Å². The zero-order chi connectivity index (χ0) is 12.8. The first-order chi connectivity index (χ1) is 8.81. The van der Waals surface area contributed by atoms with Crippen LogP contribution in [0.3, 0.4) is 0 Å². The first kappa shape index (κ1) is 12.7. The maximum absolute atomic E-state index is 5.61. The first-order valence-electron chi connectivity index (χ1n) is 6.18. The van der Waals surface area contributed by atoms with Crippen molar-refractivity contribution in [2.24, 2.45) is 5.84 Å². The van der Waals surface area contributed by atoms with E-state index in [0.717, 1.165) is 19.4 Å². The quantitative estimate of drug-likeness (QED) is 0.586. The molecule has 0 amide bonds. The summed E-state index contributed by atoms with van der Waals surface area (Å²) < 4.78 is 1.92. The van der Waals surface area contributed by atoms with Gasteiger partial charge in [0.25, 0.3) is 0 Å². The molecule has 0 fully saturated rings. The van der Waals surface area contributed by atoms with Crippen LogP contribution < -0.4 is 11.3 Å². The van der Waals surface area contributed by atoms with Gasteiger partial charge in [0.15, 0.2) is 0 Å². The molecule has 0 aliphatic carbocycles. The maximum atomic E-state index is 5.61. The van der Waals surface area contributed by atoms with Crippen molar-refractivity contribution in [3.8, 4) is 0 Å². The summed E-state index contributed by atoms with van der Waals surface area (Å²) in [6.07, 6.45) is 9.34. The molecule has 18 heavy (non-hydrogen) atoms. The Morgan fingerprint density at radius 2 is 2.17 bits per heavy atom. The summed E-state index contributed by atoms with van der Waals surface area (Å²) in [5.41, 5.74) is 5.24. The van der Waals surface area contributed by atoms with E-state index in [2.05, 4.69) is 34.7 Å². The van der Waals surface area contributed by atoms with Crippen LogP contribution in [0.2, 0.25) is 0 Å². The third kappa shape index (κ3) is 3.38. The van der Waals surface area contributed by atoms with Crippen molar-refractivity contribution in [1.82, 2.24) is 20.2 Å². The Bertz CT molecular complexity index is 465. The average molecular weight is 245 g/mol. The number of nitrogens with zero attached hydrogens (tertiary/aromatic N) is 3. The van der Waals surface area contributed by atoms with E-state index in [-0.39, 0.29) is 6.04 Å². The third-order valence-electron chi connectivity index (χ3n) is 2.93. The predicted molar refractivity (Wildman–Crippen MR) is 70.7 cm³/mol. The molecule has 0 spiro atoms. The Hall–Kier alpha value is -1.72. The Kier molecular flexibility index (Phi) is 4.44. The van der Waals surface area contributed by atoms with Gasteiger partial charge in [-0.15, -0.1) is 0 Å². The zero-order valence-electron chi connectivity index (χ0n) is 10.6. The molecule has 3 N–H and O–H groups in total. The highest BCUT2D eigenvalue weighted by Crippen LogP contribution is 2.07. The fourth-order valence-electron chi connectivity index (χ4n) is 1.96. The number of nitrogens with two attached hydrogens (primary N) is 1. The lowest BCUT2D eigenvalue weighted by Gasteiger charge is -2.14. The Balaban J connectivity index is 1.97. The fourth-order valence-corrected chi connectivity index (χ4v) is 1.96. The van der Waals surface area contributed by atoms with Crippen LogP contribution in [0.1, 0.15) is 18.1 Å². The highest BCUT2D eigenvalue weighted by molar-refractivity contribution is 5.13. The first-order valence-corrected chi connectivity index (χ1v) is 6.18. The van der Waals surface area contributed by atoms with Crippen molar-refractivity contribution in [2.75, 3.05) is 0 Å². The normalized spacial score (nSPS) is 12.6. The number of nitrogens with one attached hydrogen (secondary N) is 1. The molecule has 0 aliphatic rings. The van der Waals surface area contributed by atoms with Gasteiger partial charge in [0.2, 0.25) is 0 Å². The second kappa shape index (κ2) is 6.28. The lowest BCUT2D eigenvalue weighted by atomic mass is 10.0. The molecule has 2 aromatic rings. The number of pyridine rings is 1. The molecular formula is C13H19N5. The van der Waals surface area contributed by atoms with Gasteiger partial charge in [0.1, 0.15) is 0 Å². The van der Waals surface area contributed by atoms with Gasteiger partial charge in [-0.3, -0.25) is 20.9 Å². The van der Waals surface area contributed by atoms with Crippen LogP contribution in [-0.2, 0) is 19.4 Å². The van der Waals surface area contributed by atoms with E-state index in [1.165, 1.54) is 11.1 Å². The lowest BCUT2D eigenvalue weighted by molar-refractivity contribution is 0.521. The molecule has 1 unspecified atom stereocenters. The molecule has 2 heterocycles. The van der Waals surface area contributed by atoms with Crippen LogP contribution >= 0.6 is 0 Å². The van der Waals surface area contributed by atoms with Crippen LogP contribution in [0.4, 0.5) is 0 Å². The summed E-state index contributed by atoms with van der Waals surface area (Å²) >= 11 is 0. The summed E-state index contributed by atoms with van der Waals surface area (Å²) in [5, 5.41) is 4.26. The van der Waals surface area contributed by atoms with Crippen LogP contribution in [0.5, 0.6) is 0 Å². The zero-order valence-corrected chi connectivity index (χ0v) is 10.6. The average Bonchev–Trinajstić information content (AvgIpc) is 2.87. The second-order valence-electron chi connectivity index (χ2n) is 4.34. The van der Waals surface area contributed by atoms with Crippen molar-refractivity contribution >= 4 is 0 Å². The minimum absolute atomic E-state index is 0.198. The summed E-state index contributed by atoms with van der Waals surface area (Å²) in [4.78, 5) is 4.11. The largest absolute Gasteiger partial charge is 0.273 e. The lowest BCUT2D eigenvalue weighted by Crippen LogP contribution is -2.38. The number of aromatic nitrogens is 3. The van der Waals surface area contributed by atoms with E-state index in [4.69, 9.17) is 5.84 Å². The molecule has 0 radical (unpaired) electrons. The van der Waals surface area contributed by atoms with Gasteiger partial charge in [0, 0.05) is 31.2 Å². The molecule has 1 atom stereocenters. The maximum Gasteiger partial charge on any atom is 0.0522 e. The van der Waals surface area contributed by atoms with Gasteiger partial charge in [-0.05, 0) is 37.0 Å². The van der Waals surface area contributed by atoms with Gasteiger partial charge in [-0.25, -0.2) is 0 Å². The molecule has 2 rings (SSSR count). The van der Waals surface area contributed by atoms with E-state index in [9.17, 15) is 0 Å². The molecule has 5 heteroatoms. The van der Waals surface area contributed by atoms with E-state index in [0.29, 0.717) is 0 Å². The predicted octanol–water partition coefficient (Wildman–Crippen LogP) is 0.915. The Morgan fingerprint density at radius 1 is 1.33 bits per heavy atom. The summed E-state index contributed by atoms with van der Waals surface area (Å²) in [5.74, 6) is 5.61. The van der Waals surface area contributed by atoms with Gasteiger partial charge in [-0.1, -0.05) is 6.07 Å². The standard InChI is InChI=1S/C13H19N5/c1-2-18-10-12(9-16-18)7-13(17-14)6-11-4-3-5-15-8-11/h3-5,8-10,13,17H,2,6-7,14H2,1H3. The summed E-state index contributed by atoms with van der Waals surface area (Å²) in [6.45, 7) is 2.97. The van der Waals surface area contributed by atoms with Gasteiger partial charge in [-0.2, -0.15) is 5.10 Å². The molecular weight excluding hydrogens is 226 g/mol. The second-order valence-corrected chi connectivity index (χ2v) is 4.34. The highest BCUT2D eigenvalue weighted by Gasteiger charge is 2.10. The number of hydrogen-bond donors (Lipinski definition) is 2. The van der Waals surface area contributed by atoms with Crippen molar-refractivity contribution in [3.63, 3.8) is 0 Å². The molecule has 0 aliphatic heterocycles. The Morgan fingerprint density at radius 3 is 2.78 bits per heavy atom. The monoisotopic (exact) mass is 245 g/mol. The number of hydrogen-bond acceptors (Lipinski definition) is 4. The smallest absolute Gasteiger partial charge is 0.0522 e. The SMILES string of the molecule is CCn1cc(CC(Cc2cccnc2)NN)cn1. The molecule has 96 valence electrons. The fraction of sp³-hybridized carbons (Fsp3) is 0.385. The van der Waals surface area contributed by atoms with Gasteiger partial charge < -0.3 is 0 Å². The van der Waals surface area contributed by atoms with Crippen molar-refractivity contribution < 1.29 is 0 Å². The van der Waals surface area contributed by atoms with Gasteiger partial charge in [0.05, 0.1) is 6.20 Å². The summed E-state index contributed by atoms with van der Waals surface area (Å²) in [7, 11) is 0. The minimum atomic E-state index is 0.198. The number of hydrazine groups is 1. The van der Waals surface area contributed by atoms with Crippen LogP contribution in [0.25, 0.3) is 0 Å². The number of aryl methyl sites for hydroxylation is 1. The molecule has 0 bridgehead atoms. The van der Waals surface area contributed by atoms with Crippen LogP contribution in [-0.4, -0.2) is 20.8 Å². The topological polar surface area (TPSA) is 68.8 Å². The van der Waals surface area contributed by atoms with Gasteiger partial charge >= 0.3 is 0 Å². The van der Waals surface area contributed by atoms with Crippen molar-refractivity contribution in [1.29, 1.82) is 0 Å². The highest BCUT2D eigenvalue weighted by atomic mass is 15.3. The molecule has 0 saturated carbocycles. The third-order valence-corrected chi connectivity index (χ3v) is 2.93. The molecule has 5 nitrogen and oxygen atoms in total. The van der Waals surface area contributed by atoms with E-state index in [1.807, 2.05) is 23.1 Å². The number of rotatable bonds is 6. The molecule has 2 aromatic heterocycles. The van der Waals surface area contributed by atoms with Crippen LogP contribution in [0.15, 0.2) is 36.9 Å². The molecule has 0 aromatic carbocycles. The summed E-state index contributed by atoms with van der Waals surface area (Å²) in [6, 6.07) is 4.20. The van der Waals surface area contributed by atoms with E-state index < -0.39 is 0 Å². The minimum Gasteiger partial charge on any atom is -0.273 e. The van der Waals surface area contributed by atoms with E-state index in [1.54, 1.807) is 6.20 Å². The van der Waals surface area contributed by atoms with Crippen molar-refractivity contribution in [2.45, 2.75) is 32.4 Å². The van der Waals surface area contributed by atoms with Crippen molar-refractivity contribution in [3.05, 3.63) is 48.0 Å². The Labute approximate surface area is 107 Å².